The van der Waals surface area contributed by atoms with E-state index in [1.807, 2.05) is 0 Å². The van der Waals surface area contributed by atoms with E-state index in [0.717, 1.165) is 0 Å². The van der Waals surface area contributed by atoms with Crippen LogP contribution in [-0.2, 0) is 14.2 Å². The Morgan fingerprint density at radius 2 is 2.20 bits per heavy atom. The SMILES string of the molecule is C=CC1CO[C@H](COC(=O)c2ccc([N+](=O)[O-])cc2)O1. The smallest absolute Gasteiger partial charge is 0.338 e. The van der Waals surface area contributed by atoms with Gasteiger partial charge >= 0.3 is 5.97 Å². The van der Waals surface area contributed by atoms with Gasteiger partial charge in [0.15, 0.2) is 6.29 Å². The van der Waals surface area contributed by atoms with Crippen molar-refractivity contribution in [2.75, 3.05) is 13.2 Å². The van der Waals surface area contributed by atoms with Crippen molar-refractivity contribution in [3.8, 4) is 0 Å². The lowest BCUT2D eigenvalue weighted by atomic mass is 10.2. The summed E-state index contributed by atoms with van der Waals surface area (Å²) < 4.78 is 15.6. The third-order valence-electron chi connectivity index (χ3n) is 2.70. The molecule has 1 unspecified atom stereocenters. The Hall–Kier alpha value is -2.25. The molecule has 1 saturated heterocycles. The van der Waals surface area contributed by atoms with E-state index in [9.17, 15) is 14.9 Å². The molecule has 0 saturated carbocycles. The van der Waals surface area contributed by atoms with Crippen molar-refractivity contribution >= 4 is 11.7 Å². The third kappa shape index (κ3) is 3.40. The highest BCUT2D eigenvalue weighted by atomic mass is 16.7. The van der Waals surface area contributed by atoms with Crippen molar-refractivity contribution in [3.05, 3.63) is 52.6 Å². The van der Waals surface area contributed by atoms with Crippen LogP contribution in [0.5, 0.6) is 0 Å². The average molecular weight is 279 g/mol. The van der Waals surface area contributed by atoms with Crippen molar-refractivity contribution in [2.45, 2.75) is 12.4 Å². The number of esters is 1. The first-order valence-corrected chi connectivity index (χ1v) is 5.91. The van der Waals surface area contributed by atoms with Gasteiger partial charge in [-0.2, -0.15) is 0 Å². The lowest BCUT2D eigenvalue weighted by molar-refractivity contribution is -0.384. The van der Waals surface area contributed by atoms with Gasteiger partial charge in [-0.1, -0.05) is 6.08 Å². The van der Waals surface area contributed by atoms with Gasteiger partial charge in [0.2, 0.25) is 0 Å². The van der Waals surface area contributed by atoms with Gasteiger partial charge in [0.05, 0.1) is 17.1 Å². The molecule has 0 amide bonds. The second kappa shape index (κ2) is 6.27. The Morgan fingerprint density at radius 3 is 2.75 bits per heavy atom. The Morgan fingerprint density at radius 1 is 1.50 bits per heavy atom. The minimum absolute atomic E-state index is 0.0415. The zero-order valence-electron chi connectivity index (χ0n) is 10.6. The summed E-state index contributed by atoms with van der Waals surface area (Å²) in [7, 11) is 0. The van der Waals surface area contributed by atoms with Gasteiger partial charge in [-0.15, -0.1) is 6.58 Å². The molecule has 0 N–H and O–H groups in total. The van der Waals surface area contributed by atoms with E-state index in [1.165, 1.54) is 24.3 Å². The molecule has 1 aliphatic rings. The Kier molecular flexibility index (Phi) is 4.44. The number of ether oxygens (including phenoxy) is 3. The predicted octanol–water partition coefficient (Wildman–Crippen LogP) is 1.68. The van der Waals surface area contributed by atoms with Crippen molar-refractivity contribution in [3.63, 3.8) is 0 Å². The van der Waals surface area contributed by atoms with E-state index in [1.54, 1.807) is 6.08 Å². The molecule has 106 valence electrons. The van der Waals surface area contributed by atoms with Crippen LogP contribution in [0.4, 0.5) is 5.69 Å². The standard InChI is InChI=1S/C13H13NO6/c1-2-11-7-18-12(20-11)8-19-13(15)9-3-5-10(6-4-9)14(16)17/h2-6,11-12H,1,7-8H2/t11?,12-/m0/s1. The first kappa shape index (κ1) is 14.2. The van der Waals surface area contributed by atoms with Gasteiger partial charge in [0, 0.05) is 12.1 Å². The molecular weight excluding hydrogens is 266 g/mol. The number of nitro benzene ring substituents is 1. The fourth-order valence-corrected chi connectivity index (χ4v) is 1.63. The van der Waals surface area contributed by atoms with Crippen molar-refractivity contribution < 1.29 is 23.9 Å². The number of benzene rings is 1. The highest BCUT2D eigenvalue weighted by Crippen LogP contribution is 2.15. The fraction of sp³-hybridized carbons (Fsp3) is 0.308. The molecular formula is C13H13NO6. The highest BCUT2D eigenvalue weighted by Gasteiger charge is 2.25. The number of hydrogen-bond donors (Lipinski definition) is 0. The average Bonchev–Trinajstić information content (AvgIpc) is 2.93. The quantitative estimate of drug-likeness (QED) is 0.352. The first-order valence-electron chi connectivity index (χ1n) is 5.91. The van der Waals surface area contributed by atoms with E-state index >= 15 is 0 Å². The molecule has 2 rings (SSSR count). The lowest BCUT2D eigenvalue weighted by Crippen LogP contribution is -2.20. The van der Waals surface area contributed by atoms with E-state index in [2.05, 4.69) is 6.58 Å². The number of rotatable bonds is 5. The predicted molar refractivity (Wildman–Crippen MR) is 68.2 cm³/mol. The number of nitro groups is 1. The van der Waals surface area contributed by atoms with Crippen LogP contribution in [0.15, 0.2) is 36.9 Å². The summed E-state index contributed by atoms with van der Waals surface area (Å²) in [5, 5.41) is 10.5. The van der Waals surface area contributed by atoms with Gasteiger partial charge in [0.25, 0.3) is 5.69 Å². The second-order valence-corrected chi connectivity index (χ2v) is 4.08. The molecule has 0 spiro atoms. The highest BCUT2D eigenvalue weighted by molar-refractivity contribution is 5.89. The van der Waals surface area contributed by atoms with Crippen LogP contribution in [0.2, 0.25) is 0 Å². The Balaban J connectivity index is 1.85. The Bertz CT molecular complexity index is 512. The Labute approximate surface area is 114 Å². The molecule has 1 fully saturated rings. The van der Waals surface area contributed by atoms with Gasteiger partial charge in [-0.25, -0.2) is 4.79 Å². The molecule has 20 heavy (non-hydrogen) atoms. The van der Waals surface area contributed by atoms with Crippen LogP contribution < -0.4 is 0 Å². The van der Waals surface area contributed by atoms with E-state index in [0.29, 0.717) is 6.61 Å². The molecule has 7 nitrogen and oxygen atoms in total. The van der Waals surface area contributed by atoms with Crippen LogP contribution in [0.3, 0.4) is 0 Å². The van der Waals surface area contributed by atoms with Crippen molar-refractivity contribution in [1.29, 1.82) is 0 Å². The molecule has 0 aliphatic carbocycles. The normalized spacial score (nSPS) is 21.4. The molecule has 1 heterocycles. The summed E-state index contributed by atoms with van der Waals surface area (Å²) in [6.07, 6.45) is 0.802. The fourth-order valence-electron chi connectivity index (χ4n) is 1.63. The van der Waals surface area contributed by atoms with E-state index in [4.69, 9.17) is 14.2 Å². The maximum Gasteiger partial charge on any atom is 0.338 e. The van der Waals surface area contributed by atoms with Crippen LogP contribution >= 0.6 is 0 Å². The van der Waals surface area contributed by atoms with Gasteiger partial charge in [0.1, 0.15) is 12.7 Å². The second-order valence-electron chi connectivity index (χ2n) is 4.08. The first-order chi connectivity index (χ1) is 9.60. The van der Waals surface area contributed by atoms with Crippen molar-refractivity contribution in [1.82, 2.24) is 0 Å². The largest absolute Gasteiger partial charge is 0.457 e. The molecule has 0 bridgehead atoms. The van der Waals surface area contributed by atoms with Gasteiger partial charge in [-0.05, 0) is 12.1 Å². The minimum atomic E-state index is -0.611. The topological polar surface area (TPSA) is 87.9 Å². The van der Waals surface area contributed by atoms with Crippen molar-refractivity contribution in [2.24, 2.45) is 0 Å². The van der Waals surface area contributed by atoms with Crippen LogP contribution in [0.25, 0.3) is 0 Å². The van der Waals surface area contributed by atoms with Crippen LogP contribution in [0.1, 0.15) is 10.4 Å². The maximum atomic E-state index is 11.7. The summed E-state index contributed by atoms with van der Waals surface area (Å²) in [6.45, 7) is 3.91. The van der Waals surface area contributed by atoms with Gasteiger partial charge in [-0.3, -0.25) is 10.1 Å². The van der Waals surface area contributed by atoms with Crippen LogP contribution in [-0.4, -0.2) is 36.5 Å². The number of carbonyl (C=O) groups excluding carboxylic acids is 1. The molecule has 1 aliphatic heterocycles. The summed E-state index contributed by atoms with van der Waals surface area (Å²) in [4.78, 5) is 21.7. The maximum absolute atomic E-state index is 11.7. The number of non-ortho nitro benzene ring substituents is 1. The molecule has 2 atom stereocenters. The molecule has 0 radical (unpaired) electrons. The minimum Gasteiger partial charge on any atom is -0.457 e. The monoisotopic (exact) mass is 279 g/mol. The van der Waals surface area contributed by atoms with E-state index in [-0.39, 0.29) is 24.0 Å². The summed E-state index contributed by atoms with van der Waals surface area (Å²) in [5.41, 5.74) is 0.145. The lowest BCUT2D eigenvalue weighted by Gasteiger charge is -2.10. The third-order valence-corrected chi connectivity index (χ3v) is 2.70. The molecule has 7 heteroatoms. The summed E-state index contributed by atoms with van der Waals surface area (Å²) in [5.74, 6) is -0.589. The molecule has 1 aromatic rings. The molecule has 1 aromatic carbocycles. The summed E-state index contributed by atoms with van der Waals surface area (Å²) in [6, 6.07) is 5.16. The zero-order chi connectivity index (χ0) is 14.5. The number of carbonyl (C=O) groups is 1. The molecule has 0 aromatic heterocycles. The van der Waals surface area contributed by atoms with E-state index < -0.39 is 17.2 Å². The number of hydrogen-bond acceptors (Lipinski definition) is 6. The van der Waals surface area contributed by atoms with Gasteiger partial charge < -0.3 is 14.2 Å². The zero-order valence-corrected chi connectivity index (χ0v) is 10.6. The summed E-state index contributed by atoms with van der Waals surface area (Å²) >= 11 is 0. The number of nitrogens with zero attached hydrogens (tertiary/aromatic N) is 1. The van der Waals surface area contributed by atoms with Crippen LogP contribution in [0, 0.1) is 10.1 Å².